The van der Waals surface area contributed by atoms with Crippen LogP contribution in [0, 0.1) is 0 Å². The van der Waals surface area contributed by atoms with Gasteiger partial charge in [-0.1, -0.05) is 30.3 Å². The van der Waals surface area contributed by atoms with Crippen LogP contribution in [-0.2, 0) is 14.1 Å². The van der Waals surface area contributed by atoms with Crippen LogP contribution in [0.4, 0.5) is 0 Å². The van der Waals surface area contributed by atoms with Gasteiger partial charge in [0.25, 0.3) is 0 Å². The van der Waals surface area contributed by atoms with Crippen molar-refractivity contribution in [3.63, 3.8) is 0 Å². The zero-order chi connectivity index (χ0) is 18.0. The maximum Gasteiger partial charge on any atom is 0.492 e. The minimum atomic E-state index is -0.535. The van der Waals surface area contributed by atoms with Crippen molar-refractivity contribution in [2.75, 3.05) is 6.54 Å². The van der Waals surface area contributed by atoms with Gasteiger partial charge in [0.15, 0.2) is 0 Å². The van der Waals surface area contributed by atoms with Crippen LogP contribution in [0.25, 0.3) is 6.08 Å². The topological polar surface area (TPSA) is 64.6 Å². The third-order valence-corrected chi connectivity index (χ3v) is 4.52. The lowest BCUT2D eigenvalue weighted by Crippen LogP contribution is -2.41. The molecule has 1 amide bonds. The first-order chi connectivity index (χ1) is 11.1. The van der Waals surface area contributed by atoms with Crippen molar-refractivity contribution in [3.05, 3.63) is 40.9 Å². The molecule has 0 atom stereocenters. The monoisotopic (exact) mass is 329 g/mol. The van der Waals surface area contributed by atoms with Gasteiger partial charge in [-0.25, -0.2) is 0 Å². The van der Waals surface area contributed by atoms with E-state index in [0.717, 1.165) is 17.3 Å². The molecule has 1 aromatic rings. The first-order valence-corrected chi connectivity index (χ1v) is 8.00. The van der Waals surface area contributed by atoms with Crippen LogP contribution in [0.5, 0.6) is 0 Å². The van der Waals surface area contributed by atoms with Crippen LogP contribution in [0.1, 0.15) is 50.5 Å². The van der Waals surface area contributed by atoms with Gasteiger partial charge in [0.2, 0.25) is 5.91 Å². The predicted molar refractivity (Wildman–Crippen MR) is 94.6 cm³/mol. The quantitative estimate of drug-likeness (QED) is 0.666. The van der Waals surface area contributed by atoms with Crippen molar-refractivity contribution < 1.29 is 18.9 Å². The highest BCUT2D eigenvalue weighted by atomic mass is 16.7. The molecule has 1 N–H and O–H groups in total. The number of hydrogen-bond acceptors (Lipinski definition) is 4. The smallest absolute Gasteiger partial charge is 0.400 e. The van der Waals surface area contributed by atoms with E-state index in [1.54, 1.807) is 12.1 Å². The largest absolute Gasteiger partial charge is 0.492 e. The molecule has 128 valence electrons. The highest BCUT2D eigenvalue weighted by Gasteiger charge is 2.52. The lowest BCUT2D eigenvalue weighted by Gasteiger charge is -2.32. The van der Waals surface area contributed by atoms with Crippen LogP contribution in [0.2, 0.25) is 0 Å². The molecule has 5 nitrogen and oxygen atoms in total. The Labute approximate surface area is 143 Å². The molecule has 0 spiro atoms. The lowest BCUT2D eigenvalue weighted by molar-refractivity contribution is -0.118. The zero-order valence-corrected chi connectivity index (χ0v) is 14.9. The third kappa shape index (κ3) is 4.13. The van der Waals surface area contributed by atoms with E-state index in [0.29, 0.717) is 12.1 Å². The summed E-state index contributed by atoms with van der Waals surface area (Å²) in [5, 5.41) is 2.80. The van der Waals surface area contributed by atoms with Crippen molar-refractivity contribution in [1.82, 2.24) is 5.32 Å². The summed E-state index contributed by atoms with van der Waals surface area (Å²) in [5.74, 6) is -0.117. The van der Waals surface area contributed by atoms with Crippen LogP contribution < -0.4 is 5.32 Å². The molecule has 1 aliphatic rings. The summed E-state index contributed by atoms with van der Waals surface area (Å²) in [6.45, 7) is 9.76. The van der Waals surface area contributed by atoms with Gasteiger partial charge in [0.1, 0.15) is 6.29 Å². The Balaban J connectivity index is 2.29. The van der Waals surface area contributed by atoms with Crippen molar-refractivity contribution in [2.24, 2.45) is 0 Å². The number of amides is 1. The summed E-state index contributed by atoms with van der Waals surface area (Å²) in [4.78, 5) is 22.1. The van der Waals surface area contributed by atoms with Crippen LogP contribution in [0.15, 0.2) is 29.7 Å². The second kappa shape index (κ2) is 6.91. The summed E-state index contributed by atoms with van der Waals surface area (Å²) < 4.78 is 12.2. The highest BCUT2D eigenvalue weighted by molar-refractivity contribution is 6.56. The van der Waals surface area contributed by atoms with E-state index in [1.165, 1.54) is 6.92 Å². The minimum Gasteiger partial charge on any atom is -0.400 e. The Morgan fingerprint density at radius 2 is 1.58 bits per heavy atom. The minimum absolute atomic E-state index is 0.117. The van der Waals surface area contributed by atoms with Gasteiger partial charge >= 0.3 is 7.12 Å². The number of carbonyl (C=O) groups is 2. The molecule has 0 radical (unpaired) electrons. The lowest BCUT2D eigenvalue weighted by atomic mass is 9.77. The zero-order valence-electron chi connectivity index (χ0n) is 14.9. The second-order valence-electron chi connectivity index (χ2n) is 7.00. The fourth-order valence-electron chi connectivity index (χ4n) is 2.31. The van der Waals surface area contributed by atoms with Crippen molar-refractivity contribution in [3.8, 4) is 0 Å². The Morgan fingerprint density at radius 1 is 1.08 bits per heavy atom. The van der Waals surface area contributed by atoms with Gasteiger partial charge in [0, 0.05) is 19.0 Å². The average molecular weight is 329 g/mol. The molecule has 0 saturated carbocycles. The van der Waals surface area contributed by atoms with Crippen LogP contribution in [-0.4, -0.2) is 37.1 Å². The summed E-state index contributed by atoms with van der Waals surface area (Å²) in [6.07, 6.45) is 2.73. The van der Waals surface area contributed by atoms with Gasteiger partial charge in [-0.2, -0.15) is 0 Å². The van der Waals surface area contributed by atoms with Gasteiger partial charge in [-0.15, -0.1) is 0 Å². The molecule has 1 heterocycles. The standard InChI is InChI=1S/C18H24BNO4/c1-13(22)20-11-16(10-14-6-8-15(12-21)9-7-14)19-23-17(2,3)18(4,5)24-19/h6-10,12H,11H2,1-5H3,(H,20,22). The molecule has 0 aliphatic carbocycles. The van der Waals surface area contributed by atoms with E-state index < -0.39 is 18.3 Å². The van der Waals surface area contributed by atoms with E-state index in [-0.39, 0.29) is 5.91 Å². The summed E-state index contributed by atoms with van der Waals surface area (Å²) in [5.41, 5.74) is 1.45. The molecule has 1 aliphatic heterocycles. The number of aldehydes is 1. The first kappa shape index (κ1) is 18.4. The third-order valence-electron chi connectivity index (χ3n) is 4.52. The summed E-state index contributed by atoms with van der Waals surface area (Å²) in [7, 11) is -0.535. The molecule has 1 saturated heterocycles. The molecule has 0 bridgehead atoms. The van der Waals surface area contributed by atoms with E-state index >= 15 is 0 Å². The second-order valence-corrected chi connectivity index (χ2v) is 7.00. The van der Waals surface area contributed by atoms with Gasteiger partial charge in [0.05, 0.1) is 11.2 Å². The maximum atomic E-state index is 11.3. The number of hydrogen-bond donors (Lipinski definition) is 1. The van der Waals surface area contributed by atoms with Gasteiger partial charge < -0.3 is 14.6 Å². The molecule has 6 heteroatoms. The van der Waals surface area contributed by atoms with E-state index in [1.807, 2.05) is 45.9 Å². The number of nitrogens with one attached hydrogen (secondary N) is 1. The molecule has 1 fully saturated rings. The van der Waals surface area contributed by atoms with E-state index in [9.17, 15) is 9.59 Å². The molecule has 24 heavy (non-hydrogen) atoms. The summed E-state index contributed by atoms with van der Waals surface area (Å²) >= 11 is 0. The fourth-order valence-corrected chi connectivity index (χ4v) is 2.31. The maximum absolute atomic E-state index is 11.3. The molecule has 0 aromatic heterocycles. The Hall–Kier alpha value is -1.92. The Bertz CT molecular complexity index is 633. The van der Waals surface area contributed by atoms with Gasteiger partial charge in [-0.3, -0.25) is 9.59 Å². The number of rotatable bonds is 5. The normalized spacial score (nSPS) is 19.2. The van der Waals surface area contributed by atoms with Crippen LogP contribution in [0.3, 0.4) is 0 Å². The van der Waals surface area contributed by atoms with E-state index in [2.05, 4.69) is 5.32 Å². The average Bonchev–Trinajstić information content (AvgIpc) is 2.72. The predicted octanol–water partition coefficient (Wildman–Crippen LogP) is 2.65. The Morgan fingerprint density at radius 3 is 2.04 bits per heavy atom. The molecular formula is C18H24BNO4. The van der Waals surface area contributed by atoms with Crippen molar-refractivity contribution in [1.29, 1.82) is 0 Å². The molecule has 0 unspecified atom stereocenters. The van der Waals surface area contributed by atoms with Gasteiger partial charge in [-0.05, 0) is 38.7 Å². The Kier molecular flexibility index (Phi) is 5.30. The summed E-state index contributed by atoms with van der Waals surface area (Å²) in [6, 6.07) is 7.20. The number of carbonyl (C=O) groups excluding carboxylic acids is 2. The highest BCUT2D eigenvalue weighted by Crippen LogP contribution is 2.38. The fraction of sp³-hybridized carbons (Fsp3) is 0.444. The number of benzene rings is 1. The van der Waals surface area contributed by atoms with Crippen molar-refractivity contribution >= 4 is 25.4 Å². The molecule has 2 rings (SSSR count). The van der Waals surface area contributed by atoms with E-state index in [4.69, 9.17) is 9.31 Å². The molecule has 1 aromatic carbocycles. The molecular weight excluding hydrogens is 305 g/mol. The SMILES string of the molecule is CC(=O)NCC(=Cc1ccc(C=O)cc1)B1OC(C)(C)C(C)(C)O1. The first-order valence-electron chi connectivity index (χ1n) is 8.00. The van der Waals surface area contributed by atoms with Crippen LogP contribution >= 0.6 is 0 Å². The van der Waals surface area contributed by atoms with Crippen molar-refractivity contribution in [2.45, 2.75) is 45.8 Å².